The zero-order chi connectivity index (χ0) is 13.6. The van der Waals surface area contributed by atoms with Gasteiger partial charge in [-0.05, 0) is 25.4 Å². The Morgan fingerprint density at radius 3 is 2.18 bits per heavy atom. The summed E-state index contributed by atoms with van der Waals surface area (Å²) in [4.78, 5) is 11.9. The van der Waals surface area contributed by atoms with Crippen LogP contribution in [0.5, 0.6) is 0 Å². The highest BCUT2D eigenvalue weighted by atomic mass is 35.5. The largest absolute Gasteiger partial charge is 0.464 e. The van der Waals surface area contributed by atoms with Gasteiger partial charge in [0, 0.05) is 11.8 Å². The van der Waals surface area contributed by atoms with Crippen LogP contribution in [-0.2, 0) is 14.0 Å². The van der Waals surface area contributed by atoms with Crippen molar-refractivity contribution >= 4 is 26.6 Å². The molecule has 0 radical (unpaired) electrons. The molecule has 102 valence electrons. The van der Waals surface area contributed by atoms with E-state index >= 15 is 0 Å². The van der Waals surface area contributed by atoms with Gasteiger partial charge in [0.25, 0.3) is 0 Å². The monoisotopic (exact) mass is 280 g/mol. The van der Waals surface area contributed by atoms with Crippen LogP contribution < -0.4 is 0 Å². The van der Waals surface area contributed by atoms with Gasteiger partial charge in [0.15, 0.2) is 9.04 Å². The molecule has 0 aliphatic carbocycles. The van der Waals surface area contributed by atoms with E-state index in [4.69, 9.17) is 20.8 Å². The second-order valence-electron chi connectivity index (χ2n) is 5.48. The number of carbonyl (C=O) groups is 1. The normalized spacial score (nSPS) is 15.8. The van der Waals surface area contributed by atoms with Gasteiger partial charge >= 0.3 is 5.97 Å². The van der Waals surface area contributed by atoms with Crippen LogP contribution in [0.3, 0.4) is 0 Å². The minimum atomic E-state index is -1.31. The zero-order valence-electron chi connectivity index (χ0n) is 11.7. The van der Waals surface area contributed by atoms with Crippen LogP contribution in [0.2, 0.25) is 13.1 Å². The maximum atomic E-state index is 11.9. The summed E-state index contributed by atoms with van der Waals surface area (Å²) in [6.07, 6.45) is -0.529. The molecule has 0 saturated carbocycles. The lowest BCUT2D eigenvalue weighted by molar-refractivity contribution is -0.156. The van der Waals surface area contributed by atoms with Gasteiger partial charge in [-0.25, -0.2) is 4.79 Å². The Labute approximate surface area is 112 Å². The number of carbonyl (C=O) groups excluding carboxylic acids is 1. The van der Waals surface area contributed by atoms with Crippen molar-refractivity contribution in [2.24, 2.45) is 11.3 Å². The molecule has 0 saturated heterocycles. The number of alkyl halides is 1. The van der Waals surface area contributed by atoms with Crippen LogP contribution in [0.15, 0.2) is 0 Å². The fourth-order valence-electron chi connectivity index (χ4n) is 1.60. The van der Waals surface area contributed by atoms with Gasteiger partial charge < -0.3 is 9.16 Å². The predicted molar refractivity (Wildman–Crippen MR) is 74.0 cm³/mol. The van der Waals surface area contributed by atoms with Crippen molar-refractivity contribution in [1.29, 1.82) is 0 Å². The number of hydrogen-bond donors (Lipinski definition) is 0. The molecule has 0 bridgehead atoms. The van der Waals surface area contributed by atoms with Gasteiger partial charge in [-0.3, -0.25) is 0 Å². The van der Waals surface area contributed by atoms with Crippen molar-refractivity contribution < 1.29 is 14.0 Å². The lowest BCUT2D eigenvalue weighted by Crippen LogP contribution is -2.43. The van der Waals surface area contributed by atoms with Crippen molar-refractivity contribution in [3.8, 4) is 0 Å². The van der Waals surface area contributed by atoms with E-state index < -0.39 is 15.1 Å². The standard InChI is InChI=1S/C12H25ClO3Si/c1-7-15-11(14)10(16-17(5)6)9(8-13)12(2,3)4/h9-10,17H,7-8H2,1-6H3. The predicted octanol–water partition coefficient (Wildman–Crippen LogP) is 2.82. The summed E-state index contributed by atoms with van der Waals surface area (Å²) in [5.41, 5.74) is -0.0809. The van der Waals surface area contributed by atoms with Gasteiger partial charge in [0.1, 0.15) is 6.10 Å². The molecule has 3 nitrogen and oxygen atoms in total. The van der Waals surface area contributed by atoms with Gasteiger partial charge in [-0.15, -0.1) is 11.6 Å². The molecular weight excluding hydrogens is 256 g/mol. The number of ether oxygens (including phenoxy) is 1. The van der Waals surface area contributed by atoms with Crippen molar-refractivity contribution in [3.63, 3.8) is 0 Å². The molecule has 0 aliphatic rings. The minimum absolute atomic E-state index is 0.0295. The second-order valence-corrected chi connectivity index (χ2v) is 8.16. The summed E-state index contributed by atoms with van der Waals surface area (Å²) in [5.74, 6) is 0.0843. The first-order valence-electron chi connectivity index (χ1n) is 6.12. The van der Waals surface area contributed by atoms with Gasteiger partial charge in [-0.2, -0.15) is 0 Å². The molecule has 0 rings (SSSR count). The summed E-state index contributed by atoms with van der Waals surface area (Å²) >= 11 is 6.00. The Kier molecular flexibility index (Phi) is 7.36. The molecule has 0 N–H and O–H groups in total. The third-order valence-electron chi connectivity index (χ3n) is 2.58. The van der Waals surface area contributed by atoms with Gasteiger partial charge in [-0.1, -0.05) is 20.8 Å². The van der Waals surface area contributed by atoms with Crippen LogP contribution in [0.4, 0.5) is 0 Å². The first-order valence-corrected chi connectivity index (χ1v) is 9.43. The molecule has 0 heterocycles. The molecule has 0 aliphatic heterocycles. The van der Waals surface area contributed by atoms with Crippen LogP contribution in [0.1, 0.15) is 27.7 Å². The van der Waals surface area contributed by atoms with Crippen LogP contribution in [-0.4, -0.2) is 33.6 Å². The van der Waals surface area contributed by atoms with Crippen molar-refractivity contribution in [2.75, 3.05) is 12.5 Å². The molecule has 5 heteroatoms. The second kappa shape index (κ2) is 7.39. The van der Waals surface area contributed by atoms with Crippen molar-refractivity contribution in [2.45, 2.75) is 46.9 Å². The van der Waals surface area contributed by atoms with Crippen LogP contribution >= 0.6 is 11.6 Å². The van der Waals surface area contributed by atoms with E-state index in [2.05, 4.69) is 20.8 Å². The fraction of sp³-hybridized carbons (Fsp3) is 0.917. The summed E-state index contributed by atoms with van der Waals surface area (Å²) in [6, 6.07) is 0. The van der Waals surface area contributed by atoms with Crippen LogP contribution in [0.25, 0.3) is 0 Å². The Hall–Kier alpha value is -0.0631. The van der Waals surface area contributed by atoms with Crippen molar-refractivity contribution in [1.82, 2.24) is 0 Å². The van der Waals surface area contributed by atoms with E-state index in [9.17, 15) is 4.79 Å². The number of rotatable bonds is 6. The first-order chi connectivity index (χ1) is 7.73. The summed E-state index contributed by atoms with van der Waals surface area (Å²) < 4.78 is 10.9. The minimum Gasteiger partial charge on any atom is -0.464 e. The molecule has 2 unspecified atom stereocenters. The third kappa shape index (κ3) is 5.88. The molecular formula is C12H25ClO3Si. The maximum absolute atomic E-state index is 11.9. The van der Waals surface area contributed by atoms with E-state index in [1.54, 1.807) is 6.92 Å². The molecule has 0 aromatic rings. The number of halogens is 1. The molecule has 0 fully saturated rings. The molecule has 2 atom stereocenters. The molecule has 0 aromatic heterocycles. The molecule has 0 amide bonds. The van der Waals surface area contributed by atoms with Crippen molar-refractivity contribution in [3.05, 3.63) is 0 Å². The molecule has 17 heavy (non-hydrogen) atoms. The van der Waals surface area contributed by atoms with Crippen LogP contribution in [0, 0.1) is 11.3 Å². The SMILES string of the molecule is CCOC(=O)C(O[SiH](C)C)C(CCl)C(C)(C)C. The lowest BCUT2D eigenvalue weighted by atomic mass is 9.78. The first kappa shape index (κ1) is 16.9. The van der Waals surface area contributed by atoms with E-state index in [1.807, 2.05) is 13.1 Å². The molecule has 0 aromatic carbocycles. The smallest absolute Gasteiger partial charge is 0.334 e. The average molecular weight is 281 g/mol. The number of esters is 1. The topological polar surface area (TPSA) is 35.5 Å². The third-order valence-corrected chi connectivity index (χ3v) is 3.75. The number of hydrogen-bond acceptors (Lipinski definition) is 3. The quantitative estimate of drug-likeness (QED) is 0.426. The summed E-state index contributed by atoms with van der Waals surface area (Å²) in [6.45, 7) is 12.5. The highest BCUT2D eigenvalue weighted by molar-refractivity contribution is 6.48. The van der Waals surface area contributed by atoms with E-state index in [-0.39, 0.29) is 17.3 Å². The lowest BCUT2D eigenvalue weighted by Gasteiger charge is -2.35. The van der Waals surface area contributed by atoms with E-state index in [1.165, 1.54) is 0 Å². The zero-order valence-corrected chi connectivity index (χ0v) is 13.7. The Balaban J connectivity index is 4.93. The summed E-state index contributed by atoms with van der Waals surface area (Å²) in [5, 5.41) is 0. The van der Waals surface area contributed by atoms with Gasteiger partial charge in [0.05, 0.1) is 6.61 Å². The fourth-order valence-corrected chi connectivity index (χ4v) is 3.11. The van der Waals surface area contributed by atoms with Gasteiger partial charge in [0.2, 0.25) is 0 Å². The highest BCUT2D eigenvalue weighted by Crippen LogP contribution is 2.32. The Morgan fingerprint density at radius 1 is 1.35 bits per heavy atom. The maximum Gasteiger partial charge on any atom is 0.334 e. The van der Waals surface area contributed by atoms with E-state index in [0.29, 0.717) is 12.5 Å². The summed E-state index contributed by atoms with van der Waals surface area (Å²) in [7, 11) is -1.31. The average Bonchev–Trinajstić information content (AvgIpc) is 2.14. The molecule has 0 spiro atoms. The highest BCUT2D eigenvalue weighted by Gasteiger charge is 2.38. The Morgan fingerprint density at radius 2 is 1.88 bits per heavy atom. The van der Waals surface area contributed by atoms with E-state index in [0.717, 1.165) is 0 Å². The Bertz CT molecular complexity index is 238.